The molecule has 0 fully saturated rings. The summed E-state index contributed by atoms with van der Waals surface area (Å²) in [6, 6.07) is 10.5. The Morgan fingerprint density at radius 3 is 3.05 bits per heavy atom. The van der Waals surface area contributed by atoms with E-state index in [2.05, 4.69) is 4.98 Å². The van der Waals surface area contributed by atoms with Crippen molar-refractivity contribution in [2.75, 3.05) is 0 Å². The molecule has 0 saturated heterocycles. The molecule has 0 unspecified atom stereocenters. The summed E-state index contributed by atoms with van der Waals surface area (Å²) in [5, 5.41) is 9.57. The van der Waals surface area contributed by atoms with Gasteiger partial charge in [0.2, 0.25) is 5.88 Å². The van der Waals surface area contributed by atoms with Crippen molar-refractivity contribution in [3.05, 3.63) is 54.4 Å². The molecule has 0 atom stereocenters. The van der Waals surface area contributed by atoms with E-state index in [0.29, 0.717) is 22.8 Å². The number of aromatic nitrogens is 1. The smallest absolute Gasteiger partial charge is 0.307 e. The van der Waals surface area contributed by atoms with Gasteiger partial charge in [0.25, 0.3) is 0 Å². The molecule has 0 saturated carbocycles. The van der Waals surface area contributed by atoms with Gasteiger partial charge in [0.15, 0.2) is 0 Å². The van der Waals surface area contributed by atoms with Gasteiger partial charge in [-0.3, -0.25) is 4.79 Å². The third-order valence-corrected chi connectivity index (χ3v) is 2.81. The van der Waals surface area contributed by atoms with Gasteiger partial charge >= 0.3 is 5.97 Å². The molecular formula is C15H11NO4. The topological polar surface area (TPSA) is 72.6 Å². The van der Waals surface area contributed by atoms with Crippen molar-refractivity contribution in [1.82, 2.24) is 4.98 Å². The zero-order chi connectivity index (χ0) is 13.9. The Morgan fingerprint density at radius 1 is 1.30 bits per heavy atom. The number of hydrogen-bond acceptors (Lipinski definition) is 4. The maximum Gasteiger partial charge on any atom is 0.307 e. The molecule has 0 radical (unpaired) electrons. The maximum absolute atomic E-state index is 10.7. The van der Waals surface area contributed by atoms with Gasteiger partial charge in [0, 0.05) is 6.20 Å². The average molecular weight is 269 g/mol. The molecular weight excluding hydrogens is 258 g/mol. The molecule has 0 aliphatic rings. The van der Waals surface area contributed by atoms with Crippen LogP contribution >= 0.6 is 0 Å². The molecule has 1 N–H and O–H groups in total. The standard InChI is InChI=1S/C15H11NO4/c17-14(18)9-10-2-1-3-11(8-10)20-15-12-5-7-19-13(12)4-6-16-15/h1-8H,9H2,(H,17,18). The number of benzene rings is 1. The number of ether oxygens (including phenoxy) is 1. The first-order chi connectivity index (χ1) is 9.72. The number of carboxylic acid groups (broad SMARTS) is 1. The van der Waals surface area contributed by atoms with Crippen molar-refractivity contribution in [2.24, 2.45) is 0 Å². The first-order valence-electron chi connectivity index (χ1n) is 6.03. The van der Waals surface area contributed by atoms with Gasteiger partial charge in [-0.25, -0.2) is 4.98 Å². The highest BCUT2D eigenvalue weighted by atomic mass is 16.5. The molecule has 0 bridgehead atoms. The number of carboxylic acids is 1. The molecule has 3 rings (SSSR count). The third kappa shape index (κ3) is 2.47. The van der Waals surface area contributed by atoms with E-state index in [1.165, 1.54) is 0 Å². The SMILES string of the molecule is O=C(O)Cc1cccc(Oc2nccc3occc23)c1. The van der Waals surface area contributed by atoms with Gasteiger partial charge in [-0.15, -0.1) is 0 Å². The zero-order valence-corrected chi connectivity index (χ0v) is 10.4. The fourth-order valence-electron chi connectivity index (χ4n) is 1.96. The minimum absolute atomic E-state index is 0.0411. The second kappa shape index (κ2) is 5.05. The minimum atomic E-state index is -0.878. The first-order valence-corrected chi connectivity index (χ1v) is 6.03. The molecule has 5 nitrogen and oxygen atoms in total. The fraction of sp³-hybridized carbons (Fsp3) is 0.0667. The van der Waals surface area contributed by atoms with Crippen LogP contribution in [0.4, 0.5) is 0 Å². The average Bonchev–Trinajstić information content (AvgIpc) is 2.88. The Hall–Kier alpha value is -2.82. The summed E-state index contributed by atoms with van der Waals surface area (Å²) in [6.45, 7) is 0. The highest BCUT2D eigenvalue weighted by Crippen LogP contribution is 2.28. The summed E-state index contributed by atoms with van der Waals surface area (Å²) in [6.07, 6.45) is 3.13. The lowest BCUT2D eigenvalue weighted by molar-refractivity contribution is -0.136. The highest BCUT2D eigenvalue weighted by Gasteiger charge is 2.08. The van der Waals surface area contributed by atoms with Crippen LogP contribution in [0.3, 0.4) is 0 Å². The van der Waals surface area contributed by atoms with Crippen LogP contribution in [0.25, 0.3) is 11.0 Å². The van der Waals surface area contributed by atoms with E-state index in [-0.39, 0.29) is 6.42 Å². The summed E-state index contributed by atoms with van der Waals surface area (Å²) in [7, 11) is 0. The van der Waals surface area contributed by atoms with Crippen LogP contribution in [0.15, 0.2) is 53.3 Å². The highest BCUT2D eigenvalue weighted by molar-refractivity contribution is 5.82. The molecule has 2 aromatic heterocycles. The number of furan rings is 1. The van der Waals surface area contributed by atoms with E-state index in [4.69, 9.17) is 14.3 Å². The Kier molecular flexibility index (Phi) is 3.09. The Balaban J connectivity index is 1.91. The van der Waals surface area contributed by atoms with E-state index in [1.807, 2.05) is 0 Å². The monoisotopic (exact) mass is 269 g/mol. The van der Waals surface area contributed by atoms with Crippen LogP contribution in [0.5, 0.6) is 11.6 Å². The Morgan fingerprint density at radius 2 is 2.20 bits per heavy atom. The summed E-state index contributed by atoms with van der Waals surface area (Å²) >= 11 is 0. The van der Waals surface area contributed by atoms with Crippen LogP contribution in [-0.2, 0) is 11.2 Å². The number of pyridine rings is 1. The Labute approximate surface area is 114 Å². The van der Waals surface area contributed by atoms with Crippen molar-refractivity contribution >= 4 is 16.9 Å². The zero-order valence-electron chi connectivity index (χ0n) is 10.4. The summed E-state index contributed by atoms with van der Waals surface area (Å²) in [5.41, 5.74) is 1.37. The number of fused-ring (bicyclic) bond motifs is 1. The van der Waals surface area contributed by atoms with Crippen LogP contribution in [-0.4, -0.2) is 16.1 Å². The predicted octanol–water partition coefficient (Wildman–Crippen LogP) is 3.25. The van der Waals surface area contributed by atoms with Crippen molar-refractivity contribution in [1.29, 1.82) is 0 Å². The molecule has 0 aliphatic carbocycles. The van der Waals surface area contributed by atoms with Crippen molar-refractivity contribution in [2.45, 2.75) is 6.42 Å². The number of carbonyl (C=O) groups is 1. The second-order valence-electron chi connectivity index (χ2n) is 4.27. The summed E-state index contributed by atoms with van der Waals surface area (Å²) in [4.78, 5) is 14.9. The van der Waals surface area contributed by atoms with E-state index in [0.717, 1.165) is 5.39 Å². The van der Waals surface area contributed by atoms with Crippen molar-refractivity contribution < 1.29 is 19.1 Å². The molecule has 5 heteroatoms. The normalized spacial score (nSPS) is 10.6. The van der Waals surface area contributed by atoms with Crippen LogP contribution in [0.1, 0.15) is 5.56 Å². The van der Waals surface area contributed by atoms with E-state index in [1.54, 1.807) is 48.9 Å². The molecule has 2 heterocycles. The lowest BCUT2D eigenvalue weighted by atomic mass is 10.1. The van der Waals surface area contributed by atoms with E-state index < -0.39 is 5.97 Å². The summed E-state index contributed by atoms with van der Waals surface area (Å²) in [5.74, 6) is 0.103. The molecule has 3 aromatic rings. The van der Waals surface area contributed by atoms with E-state index in [9.17, 15) is 4.79 Å². The first kappa shape index (κ1) is 12.2. The molecule has 1 aromatic carbocycles. The quantitative estimate of drug-likeness (QED) is 0.787. The van der Waals surface area contributed by atoms with E-state index >= 15 is 0 Å². The van der Waals surface area contributed by atoms with Crippen LogP contribution in [0.2, 0.25) is 0 Å². The maximum atomic E-state index is 10.7. The van der Waals surface area contributed by atoms with Crippen molar-refractivity contribution in [3.63, 3.8) is 0 Å². The number of rotatable bonds is 4. The molecule has 0 aliphatic heterocycles. The lowest BCUT2D eigenvalue weighted by Crippen LogP contribution is -2.00. The third-order valence-electron chi connectivity index (χ3n) is 2.81. The molecule has 20 heavy (non-hydrogen) atoms. The van der Waals surface area contributed by atoms with Gasteiger partial charge in [0.05, 0.1) is 18.1 Å². The predicted molar refractivity (Wildman–Crippen MR) is 71.9 cm³/mol. The van der Waals surface area contributed by atoms with Gasteiger partial charge in [-0.2, -0.15) is 0 Å². The van der Waals surface area contributed by atoms with Crippen LogP contribution in [0, 0.1) is 0 Å². The Bertz CT molecular complexity index is 763. The molecule has 0 spiro atoms. The lowest BCUT2D eigenvalue weighted by Gasteiger charge is -2.06. The van der Waals surface area contributed by atoms with Crippen molar-refractivity contribution in [3.8, 4) is 11.6 Å². The van der Waals surface area contributed by atoms with Gasteiger partial charge in [-0.1, -0.05) is 12.1 Å². The number of nitrogens with zero attached hydrogens (tertiary/aromatic N) is 1. The van der Waals surface area contributed by atoms with Gasteiger partial charge in [0.1, 0.15) is 11.3 Å². The number of aliphatic carboxylic acids is 1. The largest absolute Gasteiger partial charge is 0.481 e. The minimum Gasteiger partial charge on any atom is -0.481 e. The number of hydrogen-bond donors (Lipinski definition) is 1. The van der Waals surface area contributed by atoms with Gasteiger partial charge < -0.3 is 14.3 Å². The molecule has 100 valence electrons. The van der Waals surface area contributed by atoms with Crippen LogP contribution < -0.4 is 4.74 Å². The second-order valence-corrected chi connectivity index (χ2v) is 4.27. The summed E-state index contributed by atoms with van der Waals surface area (Å²) < 4.78 is 11.0. The van der Waals surface area contributed by atoms with Gasteiger partial charge in [-0.05, 0) is 29.8 Å². The fourth-order valence-corrected chi connectivity index (χ4v) is 1.96. The molecule has 0 amide bonds.